The average Bonchev–Trinajstić information content (AvgIpc) is 2.75. The summed E-state index contributed by atoms with van der Waals surface area (Å²) < 4.78 is 7.73. The molecule has 0 bridgehead atoms. The van der Waals surface area contributed by atoms with Gasteiger partial charge in [-0.3, -0.25) is 0 Å². The molecule has 1 N–H and O–H groups in total. The van der Waals surface area contributed by atoms with Crippen molar-refractivity contribution >= 4 is 0 Å². The lowest BCUT2D eigenvalue weighted by atomic mass is 10.1. The summed E-state index contributed by atoms with van der Waals surface area (Å²) in [7, 11) is 0. The molecule has 4 heteroatoms. The van der Waals surface area contributed by atoms with Crippen molar-refractivity contribution in [3.63, 3.8) is 0 Å². The van der Waals surface area contributed by atoms with Crippen molar-refractivity contribution in [1.82, 2.24) is 9.55 Å². The van der Waals surface area contributed by atoms with Gasteiger partial charge in [-0.1, -0.05) is 0 Å². The van der Waals surface area contributed by atoms with Gasteiger partial charge in [0.05, 0.1) is 0 Å². The van der Waals surface area contributed by atoms with Crippen LogP contribution in [0, 0.1) is 0 Å². The molecule has 0 amide bonds. The SMILES string of the molecule is OC1CCCc2cnc(C3CCCCO3)n21. The second kappa shape index (κ2) is 4.18. The maximum Gasteiger partial charge on any atom is 0.140 e. The molecule has 2 unspecified atom stereocenters. The summed E-state index contributed by atoms with van der Waals surface area (Å²) in [5, 5.41) is 10.0. The number of fused-ring (bicyclic) bond motifs is 1. The van der Waals surface area contributed by atoms with E-state index in [4.69, 9.17) is 4.74 Å². The predicted octanol–water partition coefficient (Wildman–Crippen LogP) is 1.95. The van der Waals surface area contributed by atoms with E-state index < -0.39 is 6.23 Å². The summed E-state index contributed by atoms with van der Waals surface area (Å²) in [6, 6.07) is 0. The van der Waals surface area contributed by atoms with Crippen molar-refractivity contribution in [3.05, 3.63) is 17.7 Å². The highest BCUT2D eigenvalue weighted by Gasteiger charge is 2.27. The van der Waals surface area contributed by atoms with Crippen LogP contribution >= 0.6 is 0 Å². The number of aromatic nitrogens is 2. The van der Waals surface area contributed by atoms with Gasteiger partial charge in [-0.15, -0.1) is 0 Å². The number of aryl methyl sites for hydroxylation is 1. The minimum atomic E-state index is -0.397. The second-order valence-electron chi connectivity index (χ2n) is 4.71. The number of nitrogens with zero attached hydrogens (tertiary/aromatic N) is 2. The van der Waals surface area contributed by atoms with Gasteiger partial charge in [0, 0.05) is 18.5 Å². The smallest absolute Gasteiger partial charge is 0.140 e. The zero-order valence-electron chi connectivity index (χ0n) is 9.43. The van der Waals surface area contributed by atoms with Crippen LogP contribution in [-0.2, 0) is 11.2 Å². The molecule has 0 aliphatic carbocycles. The highest BCUT2D eigenvalue weighted by atomic mass is 16.5. The fraction of sp³-hybridized carbons (Fsp3) is 0.750. The molecule has 1 fully saturated rings. The quantitative estimate of drug-likeness (QED) is 0.790. The molecule has 0 saturated carbocycles. The fourth-order valence-corrected chi connectivity index (χ4v) is 2.72. The Hall–Kier alpha value is -0.870. The molecule has 0 aromatic carbocycles. The maximum absolute atomic E-state index is 10.0. The summed E-state index contributed by atoms with van der Waals surface area (Å²) in [5.41, 5.74) is 1.16. The molecule has 1 saturated heterocycles. The van der Waals surface area contributed by atoms with Crippen LogP contribution in [0.25, 0.3) is 0 Å². The van der Waals surface area contributed by atoms with Crippen molar-refractivity contribution in [2.45, 2.75) is 50.9 Å². The lowest BCUT2D eigenvalue weighted by molar-refractivity contribution is -0.00406. The molecular weight excluding hydrogens is 204 g/mol. The molecule has 0 radical (unpaired) electrons. The summed E-state index contributed by atoms with van der Waals surface area (Å²) in [6.45, 7) is 0.822. The first kappa shape index (κ1) is 10.3. The Kier molecular flexibility index (Phi) is 2.69. The normalized spacial score (nSPS) is 30.1. The fourth-order valence-electron chi connectivity index (χ4n) is 2.72. The average molecular weight is 222 g/mol. The number of ether oxygens (including phenoxy) is 1. The minimum Gasteiger partial charge on any atom is -0.373 e. The van der Waals surface area contributed by atoms with Crippen molar-refractivity contribution in [3.8, 4) is 0 Å². The highest BCUT2D eigenvalue weighted by molar-refractivity contribution is 5.11. The van der Waals surface area contributed by atoms with Gasteiger partial charge in [-0.2, -0.15) is 0 Å². The van der Waals surface area contributed by atoms with E-state index in [2.05, 4.69) is 4.98 Å². The van der Waals surface area contributed by atoms with E-state index >= 15 is 0 Å². The number of aliphatic hydroxyl groups is 1. The maximum atomic E-state index is 10.0. The topological polar surface area (TPSA) is 47.3 Å². The summed E-state index contributed by atoms with van der Waals surface area (Å²) >= 11 is 0. The third-order valence-electron chi connectivity index (χ3n) is 3.56. The molecule has 16 heavy (non-hydrogen) atoms. The Morgan fingerprint density at radius 3 is 3.06 bits per heavy atom. The standard InChI is InChI=1S/C12H18N2O2/c15-11-6-3-4-9-8-13-12(14(9)11)10-5-1-2-7-16-10/h8,10-11,15H,1-7H2. The molecule has 1 aromatic rings. The Morgan fingerprint density at radius 1 is 1.31 bits per heavy atom. The lowest BCUT2D eigenvalue weighted by Gasteiger charge is -2.27. The van der Waals surface area contributed by atoms with Crippen molar-refractivity contribution in [1.29, 1.82) is 0 Å². The van der Waals surface area contributed by atoms with E-state index in [1.807, 2.05) is 10.8 Å². The molecule has 88 valence electrons. The highest BCUT2D eigenvalue weighted by Crippen LogP contribution is 2.32. The van der Waals surface area contributed by atoms with Gasteiger partial charge in [0.25, 0.3) is 0 Å². The molecule has 1 aromatic heterocycles. The zero-order chi connectivity index (χ0) is 11.0. The first-order valence-corrected chi connectivity index (χ1v) is 6.22. The molecule has 3 rings (SSSR count). The van der Waals surface area contributed by atoms with Crippen LogP contribution in [0.5, 0.6) is 0 Å². The van der Waals surface area contributed by atoms with Gasteiger partial charge in [0.15, 0.2) is 0 Å². The predicted molar refractivity (Wildman–Crippen MR) is 59.0 cm³/mol. The summed E-state index contributed by atoms with van der Waals surface area (Å²) in [4.78, 5) is 4.45. The first-order valence-electron chi connectivity index (χ1n) is 6.22. The van der Waals surface area contributed by atoms with Crippen LogP contribution in [0.1, 0.15) is 56.0 Å². The van der Waals surface area contributed by atoms with Gasteiger partial charge in [-0.25, -0.2) is 4.98 Å². The van der Waals surface area contributed by atoms with Crippen LogP contribution in [0.2, 0.25) is 0 Å². The van der Waals surface area contributed by atoms with Gasteiger partial charge in [-0.05, 0) is 38.5 Å². The van der Waals surface area contributed by atoms with E-state index in [0.717, 1.165) is 50.2 Å². The monoisotopic (exact) mass is 222 g/mol. The molecule has 2 aliphatic heterocycles. The Bertz CT molecular complexity index is 369. The van der Waals surface area contributed by atoms with Gasteiger partial charge in [0.1, 0.15) is 18.2 Å². The van der Waals surface area contributed by atoms with Crippen LogP contribution < -0.4 is 0 Å². The molecule has 2 aliphatic rings. The molecule has 0 spiro atoms. The molecule has 3 heterocycles. The van der Waals surface area contributed by atoms with Crippen LogP contribution in [-0.4, -0.2) is 21.3 Å². The van der Waals surface area contributed by atoms with E-state index in [1.165, 1.54) is 6.42 Å². The van der Waals surface area contributed by atoms with Crippen molar-refractivity contribution in [2.75, 3.05) is 6.61 Å². The third-order valence-corrected chi connectivity index (χ3v) is 3.56. The van der Waals surface area contributed by atoms with Crippen LogP contribution in [0.3, 0.4) is 0 Å². The number of hydrogen-bond donors (Lipinski definition) is 1. The van der Waals surface area contributed by atoms with Crippen molar-refractivity contribution < 1.29 is 9.84 Å². The van der Waals surface area contributed by atoms with Gasteiger partial charge >= 0.3 is 0 Å². The van der Waals surface area contributed by atoms with E-state index in [0.29, 0.717) is 0 Å². The number of hydrogen-bond acceptors (Lipinski definition) is 3. The summed E-state index contributed by atoms with van der Waals surface area (Å²) in [6.07, 6.45) is 7.88. The second-order valence-corrected chi connectivity index (χ2v) is 4.71. The van der Waals surface area contributed by atoms with Crippen LogP contribution in [0.15, 0.2) is 6.20 Å². The van der Waals surface area contributed by atoms with E-state index in [9.17, 15) is 5.11 Å². The zero-order valence-corrected chi connectivity index (χ0v) is 9.43. The minimum absolute atomic E-state index is 0.0928. The number of rotatable bonds is 1. The largest absolute Gasteiger partial charge is 0.373 e. The first-order chi connectivity index (χ1) is 7.86. The van der Waals surface area contributed by atoms with Crippen molar-refractivity contribution in [2.24, 2.45) is 0 Å². The molecular formula is C12H18N2O2. The Labute approximate surface area is 95.3 Å². The van der Waals surface area contributed by atoms with Crippen LogP contribution in [0.4, 0.5) is 0 Å². The Balaban J connectivity index is 1.91. The summed E-state index contributed by atoms with van der Waals surface area (Å²) in [5.74, 6) is 0.932. The number of imidazole rings is 1. The van der Waals surface area contributed by atoms with E-state index in [1.54, 1.807) is 0 Å². The van der Waals surface area contributed by atoms with Gasteiger partial charge in [0.2, 0.25) is 0 Å². The molecule has 4 nitrogen and oxygen atoms in total. The Morgan fingerprint density at radius 2 is 2.25 bits per heavy atom. The number of aliphatic hydroxyl groups excluding tert-OH is 1. The third kappa shape index (κ3) is 1.66. The van der Waals surface area contributed by atoms with Gasteiger partial charge < -0.3 is 14.4 Å². The molecule has 2 atom stereocenters. The van der Waals surface area contributed by atoms with E-state index in [-0.39, 0.29) is 6.10 Å². The lowest BCUT2D eigenvalue weighted by Crippen LogP contribution is -2.23.